The van der Waals surface area contributed by atoms with E-state index in [9.17, 15) is 4.79 Å². The van der Waals surface area contributed by atoms with Gasteiger partial charge < -0.3 is 5.73 Å². The summed E-state index contributed by atoms with van der Waals surface area (Å²) in [5.74, 6) is -0.499. The van der Waals surface area contributed by atoms with E-state index in [0.29, 0.717) is 5.01 Å². The molecule has 0 aliphatic rings. The molecule has 0 unspecified atom stereocenters. The average molecular weight is 213 g/mol. The molecule has 0 saturated carbocycles. The first kappa shape index (κ1) is 11.1. The SMILES string of the molecule is CCCC(C)(C)c1nnc(C(N)=O)s1. The van der Waals surface area contributed by atoms with Crippen LogP contribution in [0.1, 0.15) is 48.4 Å². The third-order valence-corrected chi connectivity index (χ3v) is 3.39. The predicted molar refractivity (Wildman–Crippen MR) is 56.4 cm³/mol. The molecular weight excluding hydrogens is 198 g/mol. The smallest absolute Gasteiger partial charge is 0.279 e. The maximum absolute atomic E-state index is 10.8. The average Bonchev–Trinajstić information content (AvgIpc) is 2.51. The van der Waals surface area contributed by atoms with Crippen molar-refractivity contribution in [1.82, 2.24) is 10.2 Å². The molecule has 78 valence electrons. The van der Waals surface area contributed by atoms with Gasteiger partial charge in [0.05, 0.1) is 0 Å². The molecule has 1 amide bonds. The predicted octanol–water partition coefficient (Wildman–Crippen LogP) is 1.71. The second-order valence-corrected chi connectivity index (χ2v) is 4.89. The standard InChI is InChI=1S/C9H15N3OS/c1-4-5-9(2,3)8-12-11-7(14-8)6(10)13/h4-5H2,1-3H3,(H2,10,13). The number of carbonyl (C=O) groups is 1. The summed E-state index contributed by atoms with van der Waals surface area (Å²) in [5.41, 5.74) is 5.10. The highest BCUT2D eigenvalue weighted by molar-refractivity contribution is 7.13. The normalized spacial score (nSPS) is 11.6. The molecule has 0 aromatic carbocycles. The Morgan fingerprint density at radius 2 is 2.14 bits per heavy atom. The van der Waals surface area contributed by atoms with Crippen LogP contribution in [0.5, 0.6) is 0 Å². The van der Waals surface area contributed by atoms with E-state index in [1.807, 2.05) is 0 Å². The van der Waals surface area contributed by atoms with Gasteiger partial charge in [0.25, 0.3) is 5.91 Å². The number of carbonyl (C=O) groups excluding carboxylic acids is 1. The molecule has 5 heteroatoms. The Morgan fingerprint density at radius 3 is 2.57 bits per heavy atom. The highest BCUT2D eigenvalue weighted by Crippen LogP contribution is 2.30. The van der Waals surface area contributed by atoms with Crippen LogP contribution in [0, 0.1) is 0 Å². The molecular formula is C9H15N3OS. The van der Waals surface area contributed by atoms with Gasteiger partial charge in [-0.25, -0.2) is 0 Å². The Hall–Kier alpha value is -0.970. The third kappa shape index (κ3) is 2.29. The van der Waals surface area contributed by atoms with Crippen molar-refractivity contribution in [1.29, 1.82) is 0 Å². The number of hydrogen-bond donors (Lipinski definition) is 1. The minimum atomic E-state index is -0.499. The summed E-state index contributed by atoms with van der Waals surface area (Å²) in [6.07, 6.45) is 2.11. The van der Waals surface area contributed by atoms with Gasteiger partial charge >= 0.3 is 0 Å². The van der Waals surface area contributed by atoms with Crippen molar-refractivity contribution in [3.63, 3.8) is 0 Å². The van der Waals surface area contributed by atoms with Gasteiger partial charge in [-0.1, -0.05) is 38.5 Å². The minimum Gasteiger partial charge on any atom is -0.363 e. The van der Waals surface area contributed by atoms with E-state index in [2.05, 4.69) is 31.0 Å². The van der Waals surface area contributed by atoms with Crippen molar-refractivity contribution in [3.8, 4) is 0 Å². The molecule has 1 aromatic heterocycles. The van der Waals surface area contributed by atoms with Crippen LogP contribution in [-0.4, -0.2) is 16.1 Å². The summed E-state index contributed by atoms with van der Waals surface area (Å²) < 4.78 is 0. The van der Waals surface area contributed by atoms with Crippen LogP contribution in [-0.2, 0) is 5.41 Å². The highest BCUT2D eigenvalue weighted by Gasteiger charge is 2.25. The molecule has 1 aromatic rings. The lowest BCUT2D eigenvalue weighted by Crippen LogP contribution is -2.16. The Bertz CT molecular complexity index is 333. The summed E-state index contributed by atoms with van der Waals surface area (Å²) in [6, 6.07) is 0. The monoisotopic (exact) mass is 213 g/mol. The van der Waals surface area contributed by atoms with Crippen molar-refractivity contribution in [2.24, 2.45) is 5.73 Å². The van der Waals surface area contributed by atoms with Crippen molar-refractivity contribution in [3.05, 3.63) is 10.0 Å². The van der Waals surface area contributed by atoms with Crippen LogP contribution < -0.4 is 5.73 Å². The van der Waals surface area contributed by atoms with Crippen LogP contribution in [0.2, 0.25) is 0 Å². The molecule has 0 saturated heterocycles. The first-order chi connectivity index (χ1) is 6.47. The summed E-state index contributed by atoms with van der Waals surface area (Å²) in [4.78, 5) is 10.8. The molecule has 4 nitrogen and oxygen atoms in total. The number of amides is 1. The first-order valence-corrected chi connectivity index (χ1v) is 5.43. The summed E-state index contributed by atoms with van der Waals surface area (Å²) in [6.45, 7) is 6.32. The number of nitrogens with two attached hydrogens (primary N) is 1. The number of nitrogens with zero attached hydrogens (tertiary/aromatic N) is 2. The Balaban J connectivity index is 2.90. The second kappa shape index (κ2) is 4.04. The van der Waals surface area contributed by atoms with Gasteiger partial charge in [-0.05, 0) is 6.42 Å². The molecule has 2 N–H and O–H groups in total. The van der Waals surface area contributed by atoms with E-state index in [0.717, 1.165) is 17.8 Å². The van der Waals surface area contributed by atoms with Gasteiger partial charge in [-0.3, -0.25) is 4.79 Å². The Labute approximate surface area is 87.5 Å². The number of hydrogen-bond acceptors (Lipinski definition) is 4. The molecule has 0 aliphatic heterocycles. The largest absolute Gasteiger partial charge is 0.363 e. The van der Waals surface area contributed by atoms with E-state index in [1.54, 1.807) is 0 Å². The topological polar surface area (TPSA) is 68.9 Å². The highest BCUT2D eigenvalue weighted by atomic mass is 32.1. The van der Waals surface area contributed by atoms with Gasteiger partial charge in [0.2, 0.25) is 5.01 Å². The van der Waals surface area contributed by atoms with E-state index >= 15 is 0 Å². The van der Waals surface area contributed by atoms with Crippen LogP contribution in [0.3, 0.4) is 0 Å². The van der Waals surface area contributed by atoms with Gasteiger partial charge in [-0.2, -0.15) is 0 Å². The van der Waals surface area contributed by atoms with Crippen LogP contribution in [0.15, 0.2) is 0 Å². The van der Waals surface area contributed by atoms with Crippen molar-refractivity contribution >= 4 is 17.2 Å². The van der Waals surface area contributed by atoms with Crippen LogP contribution >= 0.6 is 11.3 Å². The van der Waals surface area contributed by atoms with Gasteiger partial charge in [0.1, 0.15) is 5.01 Å². The molecule has 1 heterocycles. The zero-order valence-electron chi connectivity index (χ0n) is 8.70. The van der Waals surface area contributed by atoms with Crippen molar-refractivity contribution < 1.29 is 4.79 Å². The summed E-state index contributed by atoms with van der Waals surface area (Å²) >= 11 is 1.29. The number of aromatic nitrogens is 2. The Kier molecular flexibility index (Phi) is 3.21. The second-order valence-electron chi connectivity index (χ2n) is 3.91. The van der Waals surface area contributed by atoms with E-state index in [-0.39, 0.29) is 5.41 Å². The van der Waals surface area contributed by atoms with Crippen LogP contribution in [0.4, 0.5) is 0 Å². The molecule has 0 bridgehead atoms. The molecule has 0 radical (unpaired) electrons. The fourth-order valence-electron chi connectivity index (χ4n) is 1.33. The van der Waals surface area contributed by atoms with Gasteiger partial charge in [0, 0.05) is 5.41 Å². The lowest BCUT2D eigenvalue weighted by molar-refractivity contribution is 0.0999. The lowest BCUT2D eigenvalue weighted by atomic mass is 9.89. The molecule has 0 atom stereocenters. The zero-order valence-corrected chi connectivity index (χ0v) is 9.52. The van der Waals surface area contributed by atoms with Gasteiger partial charge in [-0.15, -0.1) is 10.2 Å². The van der Waals surface area contributed by atoms with Gasteiger partial charge in [0.15, 0.2) is 0 Å². The minimum absolute atomic E-state index is 0.0138. The van der Waals surface area contributed by atoms with E-state index < -0.39 is 5.91 Å². The summed E-state index contributed by atoms with van der Waals surface area (Å²) in [7, 11) is 0. The molecule has 1 rings (SSSR count). The fourth-order valence-corrected chi connectivity index (χ4v) is 2.15. The Morgan fingerprint density at radius 1 is 1.50 bits per heavy atom. The molecule has 14 heavy (non-hydrogen) atoms. The number of primary amides is 1. The van der Waals surface area contributed by atoms with E-state index in [1.165, 1.54) is 11.3 Å². The van der Waals surface area contributed by atoms with Crippen molar-refractivity contribution in [2.45, 2.75) is 39.0 Å². The van der Waals surface area contributed by atoms with E-state index in [4.69, 9.17) is 5.73 Å². The molecule has 0 fully saturated rings. The van der Waals surface area contributed by atoms with Crippen molar-refractivity contribution in [2.75, 3.05) is 0 Å². The molecule has 0 spiro atoms. The third-order valence-electron chi connectivity index (χ3n) is 2.09. The first-order valence-electron chi connectivity index (χ1n) is 4.61. The summed E-state index contributed by atoms with van der Waals surface area (Å²) in [5, 5.41) is 8.93. The molecule has 0 aliphatic carbocycles. The number of rotatable bonds is 4. The van der Waals surface area contributed by atoms with Crippen LogP contribution in [0.25, 0.3) is 0 Å². The maximum Gasteiger partial charge on any atom is 0.279 e. The quantitative estimate of drug-likeness (QED) is 0.827. The zero-order chi connectivity index (χ0) is 10.8. The fraction of sp³-hybridized carbons (Fsp3) is 0.667. The maximum atomic E-state index is 10.8. The lowest BCUT2D eigenvalue weighted by Gasteiger charge is -2.19.